The van der Waals surface area contributed by atoms with Crippen molar-refractivity contribution in [3.05, 3.63) is 69.5 Å². The molecule has 1 aromatic heterocycles. The average molecular weight is 378 g/mol. The second-order valence-corrected chi connectivity index (χ2v) is 8.55. The lowest BCUT2D eigenvalue weighted by molar-refractivity contribution is 0.0993. The van der Waals surface area contributed by atoms with E-state index in [0.717, 1.165) is 18.4 Å². The summed E-state index contributed by atoms with van der Waals surface area (Å²) in [6.07, 6.45) is 1.99. The smallest absolute Gasteiger partial charge is 0.262 e. The predicted octanol–water partition coefficient (Wildman–Crippen LogP) is 4.71. The third-order valence-electron chi connectivity index (χ3n) is 5.13. The number of para-hydroxylation sites is 1. The molecule has 0 saturated heterocycles. The Kier molecular flexibility index (Phi) is 4.64. The molecule has 5 heteroatoms. The Labute approximate surface area is 162 Å². The summed E-state index contributed by atoms with van der Waals surface area (Å²) in [4.78, 5) is 30.6. The van der Waals surface area contributed by atoms with E-state index in [1.54, 1.807) is 4.57 Å². The van der Waals surface area contributed by atoms with Crippen LogP contribution in [0.4, 0.5) is 0 Å². The summed E-state index contributed by atoms with van der Waals surface area (Å²) in [5, 5.41) is 0.970. The van der Waals surface area contributed by atoms with Crippen LogP contribution in [0.5, 0.6) is 0 Å². The maximum Gasteiger partial charge on any atom is 0.262 e. The second-order valence-electron chi connectivity index (χ2n) is 7.24. The Hall–Kier alpha value is -2.40. The molecule has 138 valence electrons. The molecule has 0 radical (unpaired) electrons. The Morgan fingerprint density at radius 1 is 1.15 bits per heavy atom. The molecule has 0 unspecified atom stereocenters. The van der Waals surface area contributed by atoms with E-state index >= 15 is 0 Å². The first-order chi connectivity index (χ1) is 13.0. The lowest BCUT2D eigenvalue weighted by Gasteiger charge is -2.16. The van der Waals surface area contributed by atoms with Crippen LogP contribution in [0.15, 0.2) is 52.4 Å². The van der Waals surface area contributed by atoms with Gasteiger partial charge in [0.05, 0.1) is 16.2 Å². The van der Waals surface area contributed by atoms with Gasteiger partial charge in [-0.3, -0.25) is 14.2 Å². The van der Waals surface area contributed by atoms with E-state index in [-0.39, 0.29) is 22.6 Å². The zero-order chi connectivity index (χ0) is 19.1. The first kappa shape index (κ1) is 18.0. The molecule has 3 aromatic rings. The van der Waals surface area contributed by atoms with Crippen LogP contribution in [-0.4, -0.2) is 20.6 Å². The van der Waals surface area contributed by atoms with E-state index in [9.17, 15) is 9.59 Å². The number of aromatic nitrogens is 2. The number of rotatable bonds is 5. The van der Waals surface area contributed by atoms with Crippen LogP contribution >= 0.6 is 11.8 Å². The minimum absolute atomic E-state index is 0.00331. The minimum atomic E-state index is -0.315. The SMILES string of the molecule is Cc1ccc(C(=O)[C@@H](C)Sc2nc3ccccc3c(=O)n2C2CC2)cc1C. The summed E-state index contributed by atoms with van der Waals surface area (Å²) < 4.78 is 1.79. The number of Topliss-reactive ketones (excluding diaryl/α,β-unsaturated/α-hetero) is 1. The van der Waals surface area contributed by atoms with Gasteiger partial charge >= 0.3 is 0 Å². The molecule has 1 saturated carbocycles. The molecule has 4 nitrogen and oxygen atoms in total. The summed E-state index contributed by atoms with van der Waals surface area (Å²) in [5.74, 6) is 0.0628. The van der Waals surface area contributed by atoms with Crippen molar-refractivity contribution < 1.29 is 4.79 Å². The number of nitrogens with zero attached hydrogens (tertiary/aromatic N) is 2. The van der Waals surface area contributed by atoms with E-state index in [2.05, 4.69) is 0 Å². The summed E-state index contributed by atoms with van der Waals surface area (Å²) in [6, 6.07) is 13.4. The highest BCUT2D eigenvalue weighted by molar-refractivity contribution is 8.00. The molecule has 1 aliphatic carbocycles. The summed E-state index contributed by atoms with van der Waals surface area (Å²) >= 11 is 1.38. The number of carbonyl (C=O) groups excluding carboxylic acids is 1. The number of hydrogen-bond acceptors (Lipinski definition) is 4. The summed E-state index contributed by atoms with van der Waals surface area (Å²) in [7, 11) is 0. The van der Waals surface area contributed by atoms with Gasteiger partial charge in [-0.2, -0.15) is 0 Å². The Morgan fingerprint density at radius 2 is 1.89 bits per heavy atom. The van der Waals surface area contributed by atoms with Crippen molar-refractivity contribution in [1.82, 2.24) is 9.55 Å². The highest BCUT2D eigenvalue weighted by Crippen LogP contribution is 2.38. The van der Waals surface area contributed by atoms with Gasteiger partial charge in [0, 0.05) is 11.6 Å². The number of ketones is 1. The van der Waals surface area contributed by atoms with Gasteiger partial charge in [-0.15, -0.1) is 0 Å². The molecule has 2 aromatic carbocycles. The summed E-state index contributed by atoms with van der Waals surface area (Å²) in [6.45, 7) is 5.94. The van der Waals surface area contributed by atoms with Gasteiger partial charge in [-0.05, 0) is 62.9 Å². The largest absolute Gasteiger partial charge is 0.293 e. The van der Waals surface area contributed by atoms with Crippen LogP contribution in [0.2, 0.25) is 0 Å². The van der Waals surface area contributed by atoms with Crippen molar-refractivity contribution in [2.75, 3.05) is 0 Å². The quantitative estimate of drug-likeness (QED) is 0.366. The molecular formula is C22H22N2O2S. The molecule has 0 amide bonds. The Bertz CT molecular complexity index is 1100. The molecule has 1 fully saturated rings. The zero-order valence-corrected chi connectivity index (χ0v) is 16.5. The third-order valence-corrected chi connectivity index (χ3v) is 6.20. The van der Waals surface area contributed by atoms with Crippen LogP contribution in [-0.2, 0) is 0 Å². The van der Waals surface area contributed by atoms with Gasteiger partial charge in [-0.25, -0.2) is 4.98 Å². The van der Waals surface area contributed by atoms with Crippen molar-refractivity contribution in [3.8, 4) is 0 Å². The number of benzene rings is 2. The van der Waals surface area contributed by atoms with Gasteiger partial charge in [0.2, 0.25) is 0 Å². The fraction of sp³-hybridized carbons (Fsp3) is 0.318. The third kappa shape index (κ3) is 3.44. The van der Waals surface area contributed by atoms with Gasteiger partial charge in [0.15, 0.2) is 10.9 Å². The van der Waals surface area contributed by atoms with E-state index in [0.29, 0.717) is 21.6 Å². The van der Waals surface area contributed by atoms with Gasteiger partial charge in [0.25, 0.3) is 5.56 Å². The van der Waals surface area contributed by atoms with Crippen molar-refractivity contribution in [3.63, 3.8) is 0 Å². The molecule has 0 aliphatic heterocycles. The number of carbonyl (C=O) groups is 1. The highest BCUT2D eigenvalue weighted by atomic mass is 32.2. The van der Waals surface area contributed by atoms with E-state index in [1.807, 2.05) is 63.2 Å². The Morgan fingerprint density at radius 3 is 2.59 bits per heavy atom. The molecule has 27 heavy (non-hydrogen) atoms. The maximum absolute atomic E-state index is 13.0. The van der Waals surface area contributed by atoms with Crippen molar-refractivity contribution in [2.24, 2.45) is 0 Å². The van der Waals surface area contributed by atoms with Crippen LogP contribution < -0.4 is 5.56 Å². The number of aryl methyl sites for hydroxylation is 2. The molecule has 1 atom stereocenters. The highest BCUT2D eigenvalue weighted by Gasteiger charge is 2.30. The maximum atomic E-state index is 13.0. The van der Waals surface area contributed by atoms with E-state index < -0.39 is 0 Å². The summed E-state index contributed by atoms with van der Waals surface area (Å²) in [5.41, 5.74) is 3.67. The average Bonchev–Trinajstić information content (AvgIpc) is 3.48. The first-order valence-electron chi connectivity index (χ1n) is 9.25. The van der Waals surface area contributed by atoms with E-state index in [4.69, 9.17) is 4.98 Å². The molecule has 0 spiro atoms. The molecule has 0 N–H and O–H groups in total. The number of thioether (sulfide) groups is 1. The Balaban J connectivity index is 1.70. The van der Waals surface area contributed by atoms with Crippen LogP contribution in [0.25, 0.3) is 10.9 Å². The first-order valence-corrected chi connectivity index (χ1v) is 10.1. The molecule has 4 rings (SSSR count). The van der Waals surface area contributed by atoms with Crippen molar-refractivity contribution in [1.29, 1.82) is 0 Å². The molecule has 1 aliphatic rings. The minimum Gasteiger partial charge on any atom is -0.293 e. The predicted molar refractivity (Wildman–Crippen MR) is 110 cm³/mol. The molecule has 1 heterocycles. The lowest BCUT2D eigenvalue weighted by Crippen LogP contribution is -2.24. The van der Waals surface area contributed by atoms with Gasteiger partial charge in [0.1, 0.15) is 0 Å². The zero-order valence-electron chi connectivity index (χ0n) is 15.7. The van der Waals surface area contributed by atoms with Crippen LogP contribution in [0, 0.1) is 13.8 Å². The lowest BCUT2D eigenvalue weighted by atomic mass is 10.0. The van der Waals surface area contributed by atoms with E-state index in [1.165, 1.54) is 17.3 Å². The normalized spacial score (nSPS) is 15.1. The molecule has 0 bridgehead atoms. The van der Waals surface area contributed by atoms with Crippen molar-refractivity contribution >= 4 is 28.4 Å². The molecular weight excluding hydrogens is 356 g/mol. The number of fused-ring (bicyclic) bond motifs is 1. The van der Waals surface area contributed by atoms with Gasteiger partial charge < -0.3 is 0 Å². The van der Waals surface area contributed by atoms with Crippen LogP contribution in [0.3, 0.4) is 0 Å². The standard InChI is InChI=1S/C22H22N2O2S/c1-13-8-9-16(12-14(13)2)20(25)15(3)27-22-23-19-7-5-4-6-18(19)21(26)24(22)17-10-11-17/h4-9,12,15,17H,10-11H2,1-3H3/t15-/m1/s1. The van der Waals surface area contributed by atoms with Crippen LogP contribution in [0.1, 0.15) is 47.3 Å². The van der Waals surface area contributed by atoms with Gasteiger partial charge in [-0.1, -0.05) is 36.0 Å². The number of hydrogen-bond donors (Lipinski definition) is 0. The fourth-order valence-corrected chi connectivity index (χ4v) is 4.26. The topological polar surface area (TPSA) is 52.0 Å². The van der Waals surface area contributed by atoms with Crippen molar-refractivity contribution in [2.45, 2.75) is 50.1 Å². The monoisotopic (exact) mass is 378 g/mol. The fourth-order valence-electron chi connectivity index (χ4n) is 3.20. The second kappa shape index (κ2) is 6.97.